The van der Waals surface area contributed by atoms with E-state index in [1.807, 2.05) is 18.2 Å². The predicted molar refractivity (Wildman–Crippen MR) is 144 cm³/mol. The van der Waals surface area contributed by atoms with Crippen molar-refractivity contribution in [1.29, 1.82) is 0 Å². The van der Waals surface area contributed by atoms with Crippen LogP contribution in [0.5, 0.6) is 11.5 Å². The van der Waals surface area contributed by atoms with Gasteiger partial charge >= 0.3 is 23.9 Å². The number of hydrogen-bond donors (Lipinski definition) is 1. The zero-order valence-corrected chi connectivity index (χ0v) is 24.0. The largest absolute Gasteiger partial charge is 0.493 e. The Labute approximate surface area is 242 Å². The molecule has 1 saturated heterocycles. The molecule has 2 aromatic rings. The predicted octanol–water partition coefficient (Wildman–Crippen LogP) is 2.00. The Kier molecular flexibility index (Phi) is 11.2. The van der Waals surface area contributed by atoms with Crippen LogP contribution < -0.4 is 14.8 Å². The molecule has 42 heavy (non-hydrogen) atoms. The Morgan fingerprint density at radius 2 is 1.81 bits per heavy atom. The van der Waals surface area contributed by atoms with Crippen molar-refractivity contribution in [1.82, 2.24) is 10.3 Å². The lowest BCUT2D eigenvalue weighted by Crippen LogP contribution is -2.47. The lowest BCUT2D eigenvalue weighted by molar-refractivity contribution is -0.176. The van der Waals surface area contributed by atoms with Gasteiger partial charge in [-0.05, 0) is 18.9 Å². The molecular formula is C29H34N2O11. The van der Waals surface area contributed by atoms with Gasteiger partial charge in [0.05, 0.1) is 13.0 Å². The molecule has 0 saturated carbocycles. The standard InChI is InChI=1S/C29H34N2O11/c1-16(2)27(34)42-24-17(3)41-29(36)21(14-38-28(35)20(24)13-19-9-7-6-8-10-19)31-26(33)23-25(40-15-39-18(4)32)22(37-5)11-12-30-23/h6-12,16-17,20-21,24H,13-15H2,1-5H3,(H,31,33). The van der Waals surface area contributed by atoms with Crippen LogP contribution in [0.1, 0.15) is 43.7 Å². The van der Waals surface area contributed by atoms with Gasteiger partial charge in [-0.15, -0.1) is 0 Å². The van der Waals surface area contributed by atoms with Crippen LogP contribution in [-0.4, -0.2) is 73.5 Å². The molecule has 1 aromatic heterocycles. The first-order chi connectivity index (χ1) is 20.0. The van der Waals surface area contributed by atoms with Crippen LogP contribution >= 0.6 is 0 Å². The summed E-state index contributed by atoms with van der Waals surface area (Å²) in [5.74, 6) is -5.31. The highest BCUT2D eigenvalue weighted by Gasteiger charge is 2.42. The van der Waals surface area contributed by atoms with Crippen molar-refractivity contribution in [3.8, 4) is 11.5 Å². The van der Waals surface area contributed by atoms with Gasteiger partial charge in [-0.2, -0.15) is 0 Å². The van der Waals surface area contributed by atoms with Crippen LogP contribution in [0.3, 0.4) is 0 Å². The minimum atomic E-state index is -1.45. The molecule has 0 radical (unpaired) electrons. The number of pyridine rings is 1. The van der Waals surface area contributed by atoms with Gasteiger partial charge in [-0.3, -0.25) is 19.2 Å². The Morgan fingerprint density at radius 3 is 2.45 bits per heavy atom. The number of cyclic esters (lactones) is 2. The van der Waals surface area contributed by atoms with Crippen molar-refractivity contribution >= 4 is 29.8 Å². The lowest BCUT2D eigenvalue weighted by atomic mass is 9.91. The average molecular weight is 587 g/mol. The number of nitrogens with zero attached hydrogens (tertiary/aromatic N) is 1. The van der Waals surface area contributed by atoms with Gasteiger partial charge in [0, 0.05) is 19.2 Å². The summed E-state index contributed by atoms with van der Waals surface area (Å²) >= 11 is 0. The van der Waals surface area contributed by atoms with Crippen molar-refractivity contribution in [2.75, 3.05) is 20.5 Å². The van der Waals surface area contributed by atoms with Crippen LogP contribution in [0.15, 0.2) is 42.6 Å². The van der Waals surface area contributed by atoms with E-state index >= 15 is 0 Å². The Balaban J connectivity index is 1.87. The molecule has 0 aliphatic carbocycles. The van der Waals surface area contributed by atoms with Crippen LogP contribution in [0.2, 0.25) is 0 Å². The summed E-state index contributed by atoms with van der Waals surface area (Å²) in [6, 6.07) is 9.02. The third kappa shape index (κ3) is 8.41. The number of hydrogen-bond acceptors (Lipinski definition) is 12. The van der Waals surface area contributed by atoms with Crippen LogP contribution in [-0.2, 0) is 44.5 Å². The minimum absolute atomic E-state index is 0.109. The topological polar surface area (TPSA) is 166 Å². The zero-order chi connectivity index (χ0) is 30.8. The number of amides is 1. The molecule has 1 fully saturated rings. The normalized spacial score (nSPS) is 20.6. The summed E-state index contributed by atoms with van der Waals surface area (Å²) in [7, 11) is 1.33. The molecule has 1 aliphatic heterocycles. The molecule has 4 atom stereocenters. The van der Waals surface area contributed by atoms with Gasteiger partial charge in [0.2, 0.25) is 6.79 Å². The highest BCUT2D eigenvalue weighted by molar-refractivity contribution is 5.98. The molecule has 4 unspecified atom stereocenters. The fourth-order valence-electron chi connectivity index (χ4n) is 4.04. The van der Waals surface area contributed by atoms with E-state index in [9.17, 15) is 24.0 Å². The monoisotopic (exact) mass is 586 g/mol. The van der Waals surface area contributed by atoms with Crippen LogP contribution in [0.4, 0.5) is 0 Å². The summed E-state index contributed by atoms with van der Waals surface area (Å²) in [5.41, 5.74) is 0.484. The number of methoxy groups -OCH3 is 1. The Hall–Kier alpha value is -4.68. The molecule has 1 aliphatic rings. The van der Waals surface area contributed by atoms with Gasteiger partial charge < -0.3 is 33.7 Å². The SMILES string of the molecule is COc1ccnc(C(=O)NC2COC(=O)C(Cc3ccccc3)C(OC(=O)C(C)C)C(C)OC2=O)c1OCOC(C)=O. The molecule has 1 aromatic carbocycles. The molecule has 1 amide bonds. The molecule has 13 nitrogen and oxygen atoms in total. The number of carbonyl (C=O) groups is 5. The zero-order valence-electron chi connectivity index (χ0n) is 24.0. The highest BCUT2D eigenvalue weighted by atomic mass is 16.7. The van der Waals surface area contributed by atoms with Crippen LogP contribution in [0, 0.1) is 11.8 Å². The third-order valence-electron chi connectivity index (χ3n) is 6.24. The number of aromatic nitrogens is 1. The summed E-state index contributed by atoms with van der Waals surface area (Å²) in [5, 5.41) is 2.45. The smallest absolute Gasteiger partial charge is 0.332 e. The van der Waals surface area contributed by atoms with E-state index in [1.165, 1.54) is 33.2 Å². The number of ether oxygens (including phenoxy) is 6. The molecule has 2 heterocycles. The summed E-state index contributed by atoms with van der Waals surface area (Å²) < 4.78 is 32.1. The lowest BCUT2D eigenvalue weighted by Gasteiger charge is -2.29. The first-order valence-corrected chi connectivity index (χ1v) is 13.2. The molecule has 0 bridgehead atoms. The number of benzene rings is 1. The van der Waals surface area contributed by atoms with E-state index in [1.54, 1.807) is 26.0 Å². The maximum atomic E-state index is 13.4. The van der Waals surface area contributed by atoms with Crippen molar-refractivity contribution in [3.63, 3.8) is 0 Å². The van der Waals surface area contributed by atoms with Crippen LogP contribution in [0.25, 0.3) is 0 Å². The van der Waals surface area contributed by atoms with E-state index in [0.717, 1.165) is 5.56 Å². The first kappa shape index (κ1) is 31.8. The average Bonchev–Trinajstić information content (AvgIpc) is 2.99. The molecule has 3 rings (SSSR count). The second kappa shape index (κ2) is 14.8. The number of nitrogens with one attached hydrogen (secondary N) is 1. The number of rotatable bonds is 10. The van der Waals surface area contributed by atoms with E-state index in [2.05, 4.69) is 10.3 Å². The number of esters is 4. The first-order valence-electron chi connectivity index (χ1n) is 13.2. The van der Waals surface area contributed by atoms with E-state index < -0.39 is 73.3 Å². The maximum absolute atomic E-state index is 13.4. The molecule has 0 spiro atoms. The maximum Gasteiger partial charge on any atom is 0.332 e. The van der Waals surface area contributed by atoms with Crippen molar-refractivity contribution in [2.45, 2.75) is 52.4 Å². The minimum Gasteiger partial charge on any atom is -0.493 e. The van der Waals surface area contributed by atoms with Gasteiger partial charge in [-0.25, -0.2) is 9.78 Å². The van der Waals surface area contributed by atoms with Gasteiger partial charge in [0.1, 0.15) is 18.6 Å². The Bertz CT molecular complexity index is 1280. The number of carbonyl (C=O) groups excluding carboxylic acids is 5. The molecule has 13 heteroatoms. The van der Waals surface area contributed by atoms with E-state index in [-0.39, 0.29) is 23.6 Å². The van der Waals surface area contributed by atoms with Crippen molar-refractivity contribution < 1.29 is 52.4 Å². The van der Waals surface area contributed by atoms with E-state index in [0.29, 0.717) is 0 Å². The third-order valence-corrected chi connectivity index (χ3v) is 6.24. The quantitative estimate of drug-likeness (QED) is 0.245. The summed E-state index contributed by atoms with van der Waals surface area (Å²) in [4.78, 5) is 67.5. The fraction of sp³-hybridized carbons (Fsp3) is 0.448. The highest BCUT2D eigenvalue weighted by Crippen LogP contribution is 2.30. The second-order valence-electron chi connectivity index (χ2n) is 9.74. The second-order valence-corrected chi connectivity index (χ2v) is 9.74. The van der Waals surface area contributed by atoms with Gasteiger partial charge in [0.25, 0.3) is 5.91 Å². The molecule has 1 N–H and O–H groups in total. The Morgan fingerprint density at radius 1 is 1.10 bits per heavy atom. The van der Waals surface area contributed by atoms with Gasteiger partial charge in [-0.1, -0.05) is 44.2 Å². The summed E-state index contributed by atoms with van der Waals surface area (Å²) in [6.45, 7) is 4.86. The summed E-state index contributed by atoms with van der Waals surface area (Å²) in [6.07, 6.45) is -0.813. The van der Waals surface area contributed by atoms with Gasteiger partial charge in [0.15, 0.2) is 29.3 Å². The van der Waals surface area contributed by atoms with E-state index in [4.69, 9.17) is 28.4 Å². The van der Waals surface area contributed by atoms with Crippen molar-refractivity contribution in [3.05, 3.63) is 53.9 Å². The molecular weight excluding hydrogens is 552 g/mol. The van der Waals surface area contributed by atoms with Crippen molar-refractivity contribution in [2.24, 2.45) is 11.8 Å². The fourth-order valence-corrected chi connectivity index (χ4v) is 4.04. The molecule has 226 valence electrons.